The highest BCUT2D eigenvalue weighted by molar-refractivity contribution is 5.68. The lowest BCUT2D eigenvalue weighted by Crippen LogP contribution is -2.39. The number of ether oxygens (including phenoxy) is 1. The minimum absolute atomic E-state index is 0.237. The molecule has 0 unspecified atom stereocenters. The van der Waals surface area contributed by atoms with E-state index in [0.29, 0.717) is 25.9 Å². The van der Waals surface area contributed by atoms with Crippen molar-refractivity contribution in [3.63, 3.8) is 0 Å². The van der Waals surface area contributed by atoms with Crippen LogP contribution in [0.1, 0.15) is 18.5 Å². The van der Waals surface area contributed by atoms with Gasteiger partial charge in [0.2, 0.25) is 0 Å². The Labute approximate surface area is 146 Å². The molecule has 0 aliphatic carbocycles. The Balaban J connectivity index is 1.42. The molecule has 4 rings (SSSR count). The van der Waals surface area contributed by atoms with E-state index in [0.717, 1.165) is 23.6 Å². The second-order valence-electron chi connectivity index (χ2n) is 5.94. The molecule has 136 valence electrons. The van der Waals surface area contributed by atoms with E-state index in [9.17, 15) is 13.2 Å². The predicted molar refractivity (Wildman–Crippen MR) is 85.9 cm³/mol. The topological polar surface area (TPSA) is 68.4 Å². The van der Waals surface area contributed by atoms with E-state index >= 15 is 0 Å². The fourth-order valence-corrected chi connectivity index (χ4v) is 2.98. The van der Waals surface area contributed by atoms with E-state index in [-0.39, 0.29) is 12.1 Å². The average Bonchev–Trinajstić information content (AvgIpc) is 3.11. The van der Waals surface area contributed by atoms with Gasteiger partial charge in [0.25, 0.3) is 0 Å². The molecule has 3 aromatic heterocycles. The SMILES string of the molecule is FC(F)(F)c1ccnc(OC2CCN(c3nccn4nccc34)CC2)n1. The van der Waals surface area contributed by atoms with Crippen LogP contribution in [0.2, 0.25) is 0 Å². The maximum Gasteiger partial charge on any atom is 0.433 e. The highest BCUT2D eigenvalue weighted by Gasteiger charge is 2.33. The molecule has 1 aliphatic rings. The van der Waals surface area contributed by atoms with Crippen LogP contribution in [0.3, 0.4) is 0 Å². The Hall–Kier alpha value is -2.91. The van der Waals surface area contributed by atoms with Crippen molar-refractivity contribution in [3.05, 3.63) is 42.6 Å². The first kappa shape index (κ1) is 16.6. The van der Waals surface area contributed by atoms with E-state index in [1.54, 1.807) is 23.1 Å². The summed E-state index contributed by atoms with van der Waals surface area (Å²) in [6.45, 7) is 1.34. The Kier molecular flexibility index (Phi) is 4.09. The maximum absolute atomic E-state index is 12.7. The van der Waals surface area contributed by atoms with Gasteiger partial charge in [-0.25, -0.2) is 14.5 Å². The van der Waals surface area contributed by atoms with Gasteiger partial charge in [-0.05, 0) is 12.1 Å². The van der Waals surface area contributed by atoms with Gasteiger partial charge in [0.15, 0.2) is 11.5 Å². The number of hydrogen-bond donors (Lipinski definition) is 0. The Morgan fingerprint density at radius 3 is 2.62 bits per heavy atom. The molecule has 4 heterocycles. The van der Waals surface area contributed by atoms with Crippen molar-refractivity contribution in [2.24, 2.45) is 0 Å². The van der Waals surface area contributed by atoms with Crippen LogP contribution in [-0.2, 0) is 6.18 Å². The van der Waals surface area contributed by atoms with Crippen LogP contribution in [-0.4, -0.2) is 43.8 Å². The Morgan fingerprint density at radius 1 is 1.04 bits per heavy atom. The first-order valence-corrected chi connectivity index (χ1v) is 8.11. The molecule has 0 radical (unpaired) electrons. The van der Waals surface area contributed by atoms with E-state index in [1.165, 1.54) is 0 Å². The summed E-state index contributed by atoms with van der Waals surface area (Å²) in [7, 11) is 0. The molecule has 0 spiro atoms. The third-order valence-corrected chi connectivity index (χ3v) is 4.24. The van der Waals surface area contributed by atoms with E-state index < -0.39 is 11.9 Å². The van der Waals surface area contributed by atoms with E-state index in [1.807, 2.05) is 6.07 Å². The first-order chi connectivity index (χ1) is 12.5. The smallest absolute Gasteiger partial charge is 0.433 e. The van der Waals surface area contributed by atoms with Crippen LogP contribution in [0, 0.1) is 0 Å². The summed E-state index contributed by atoms with van der Waals surface area (Å²) in [5, 5.41) is 4.19. The number of alkyl halides is 3. The fraction of sp³-hybridized carbons (Fsp3) is 0.375. The van der Waals surface area contributed by atoms with Crippen LogP contribution in [0.25, 0.3) is 5.52 Å². The highest BCUT2D eigenvalue weighted by atomic mass is 19.4. The molecule has 0 aromatic carbocycles. The summed E-state index contributed by atoms with van der Waals surface area (Å²) in [6, 6.07) is 2.48. The van der Waals surface area contributed by atoms with Gasteiger partial charge in [-0.2, -0.15) is 23.3 Å². The molecule has 0 N–H and O–H groups in total. The predicted octanol–water partition coefficient (Wildman–Crippen LogP) is 2.59. The number of anilines is 1. The largest absolute Gasteiger partial charge is 0.460 e. The normalized spacial score (nSPS) is 16.2. The van der Waals surface area contributed by atoms with Crippen LogP contribution in [0.4, 0.5) is 19.0 Å². The van der Waals surface area contributed by atoms with Gasteiger partial charge in [-0.3, -0.25) is 0 Å². The second-order valence-corrected chi connectivity index (χ2v) is 5.94. The Morgan fingerprint density at radius 2 is 1.85 bits per heavy atom. The molecule has 0 atom stereocenters. The van der Waals surface area contributed by atoms with Crippen molar-refractivity contribution in [3.8, 4) is 6.01 Å². The highest BCUT2D eigenvalue weighted by Crippen LogP contribution is 2.29. The number of fused-ring (bicyclic) bond motifs is 1. The molecule has 10 heteroatoms. The third-order valence-electron chi connectivity index (χ3n) is 4.24. The fourth-order valence-electron chi connectivity index (χ4n) is 2.98. The zero-order chi connectivity index (χ0) is 18.1. The zero-order valence-corrected chi connectivity index (χ0v) is 13.6. The first-order valence-electron chi connectivity index (χ1n) is 8.11. The lowest BCUT2D eigenvalue weighted by atomic mass is 10.1. The summed E-state index contributed by atoms with van der Waals surface area (Å²) in [4.78, 5) is 13.8. The number of nitrogens with zero attached hydrogens (tertiary/aromatic N) is 6. The monoisotopic (exact) mass is 364 g/mol. The maximum atomic E-state index is 12.7. The molecule has 1 fully saturated rings. The standard InChI is InChI=1S/C16H15F3N6O/c17-16(18,19)13-2-5-21-15(23-13)26-11-3-8-24(9-4-11)14-12-1-6-22-25(12)10-7-20-14/h1-2,5-7,10-11H,3-4,8-9H2. The van der Waals surface area contributed by atoms with Crippen molar-refractivity contribution in [1.29, 1.82) is 0 Å². The molecule has 0 bridgehead atoms. The van der Waals surface area contributed by atoms with Crippen LogP contribution in [0.15, 0.2) is 36.9 Å². The number of aromatic nitrogens is 5. The molecule has 1 saturated heterocycles. The second kappa shape index (κ2) is 6.43. The molecule has 0 saturated carbocycles. The average molecular weight is 364 g/mol. The van der Waals surface area contributed by atoms with Gasteiger partial charge in [0, 0.05) is 44.5 Å². The molecular formula is C16H15F3N6O. The van der Waals surface area contributed by atoms with Gasteiger partial charge in [0.1, 0.15) is 11.6 Å². The molecule has 26 heavy (non-hydrogen) atoms. The van der Waals surface area contributed by atoms with E-state index in [4.69, 9.17) is 4.74 Å². The van der Waals surface area contributed by atoms with Crippen LogP contribution >= 0.6 is 0 Å². The van der Waals surface area contributed by atoms with Crippen molar-refractivity contribution in [2.45, 2.75) is 25.1 Å². The number of hydrogen-bond acceptors (Lipinski definition) is 6. The minimum atomic E-state index is -4.51. The molecular weight excluding hydrogens is 349 g/mol. The number of rotatable bonds is 3. The summed E-state index contributed by atoms with van der Waals surface area (Å²) < 4.78 is 45.5. The van der Waals surface area contributed by atoms with Crippen LogP contribution in [0.5, 0.6) is 6.01 Å². The van der Waals surface area contributed by atoms with Crippen molar-refractivity contribution >= 4 is 11.3 Å². The van der Waals surface area contributed by atoms with Gasteiger partial charge in [-0.1, -0.05) is 0 Å². The molecule has 1 aliphatic heterocycles. The van der Waals surface area contributed by atoms with Gasteiger partial charge in [0.05, 0.1) is 6.20 Å². The summed E-state index contributed by atoms with van der Waals surface area (Å²) in [6.07, 6.45) is 2.76. The molecule has 0 amide bonds. The lowest BCUT2D eigenvalue weighted by molar-refractivity contribution is -0.141. The quantitative estimate of drug-likeness (QED) is 0.712. The van der Waals surface area contributed by atoms with E-state index in [2.05, 4.69) is 25.0 Å². The lowest BCUT2D eigenvalue weighted by Gasteiger charge is -2.32. The summed E-state index contributed by atoms with van der Waals surface area (Å²) >= 11 is 0. The van der Waals surface area contributed by atoms with Gasteiger partial charge < -0.3 is 9.64 Å². The third kappa shape index (κ3) is 3.26. The van der Waals surface area contributed by atoms with Crippen molar-refractivity contribution < 1.29 is 17.9 Å². The van der Waals surface area contributed by atoms with Gasteiger partial charge in [-0.15, -0.1) is 0 Å². The Bertz CT molecular complexity index is 904. The summed E-state index contributed by atoms with van der Waals surface area (Å²) in [5.41, 5.74) is -0.0929. The number of halogens is 3. The van der Waals surface area contributed by atoms with Gasteiger partial charge >= 0.3 is 12.2 Å². The number of piperidine rings is 1. The zero-order valence-electron chi connectivity index (χ0n) is 13.6. The minimum Gasteiger partial charge on any atom is -0.460 e. The van der Waals surface area contributed by atoms with Crippen LogP contribution < -0.4 is 9.64 Å². The van der Waals surface area contributed by atoms with Crippen molar-refractivity contribution in [2.75, 3.05) is 18.0 Å². The molecule has 7 nitrogen and oxygen atoms in total. The summed E-state index contributed by atoms with van der Waals surface area (Å²) in [5.74, 6) is 0.832. The molecule has 3 aromatic rings. The van der Waals surface area contributed by atoms with Crippen molar-refractivity contribution in [1.82, 2.24) is 24.6 Å².